The van der Waals surface area contributed by atoms with E-state index in [1.54, 1.807) is 63.2 Å². The molecule has 0 unspecified atom stereocenters. The van der Waals surface area contributed by atoms with Gasteiger partial charge in [0.15, 0.2) is 11.5 Å². The number of carbonyl (C=O) groups is 2. The van der Waals surface area contributed by atoms with E-state index in [4.69, 9.17) is 4.74 Å². The number of benzene rings is 2. The van der Waals surface area contributed by atoms with Gasteiger partial charge in [0.2, 0.25) is 15.7 Å². The molecule has 0 aromatic heterocycles. The average Bonchev–Trinajstić information content (AvgIpc) is 2.80. The molecule has 2 aromatic carbocycles. The lowest BCUT2D eigenvalue weighted by atomic mass is 9.83. The van der Waals surface area contributed by atoms with Gasteiger partial charge in [0, 0.05) is 12.0 Å². The highest BCUT2D eigenvalue weighted by atomic mass is 32.2. The van der Waals surface area contributed by atoms with Gasteiger partial charge in [-0.3, -0.25) is 9.59 Å². The van der Waals surface area contributed by atoms with Crippen molar-refractivity contribution in [3.8, 4) is 5.75 Å². The number of nitrogens with one attached hydrogen (secondary N) is 1. The molecule has 2 amide bonds. The number of rotatable bonds is 9. The summed E-state index contributed by atoms with van der Waals surface area (Å²) in [5.74, 6) is -0.432. The molecule has 1 aliphatic heterocycles. The second-order valence-electron chi connectivity index (χ2n) is 10.0. The predicted molar refractivity (Wildman–Crippen MR) is 139 cm³/mol. The number of likely N-dealkylation sites (tertiary alicyclic amines) is 1. The highest BCUT2D eigenvalue weighted by molar-refractivity contribution is 7.93. The molecule has 0 aliphatic carbocycles. The van der Waals surface area contributed by atoms with Crippen LogP contribution in [0.15, 0.2) is 78.2 Å². The number of amides is 2. The minimum absolute atomic E-state index is 0.0295. The van der Waals surface area contributed by atoms with Crippen molar-refractivity contribution >= 4 is 30.4 Å². The molecule has 1 aliphatic rings. The van der Waals surface area contributed by atoms with Crippen LogP contribution in [0.5, 0.6) is 5.75 Å². The highest BCUT2D eigenvalue weighted by Gasteiger charge is 2.80. The highest BCUT2D eigenvalue weighted by Crippen LogP contribution is 2.54. The SMILES string of the molecule is C=CC[C@@]1(S(=O)(=O)c2ccccc2)N(C(C)(C)C)C(=O)[C@]1(NC(=O)COc1ccccc1)[SiH](C)C. The number of hydrogen-bond acceptors (Lipinski definition) is 5. The maximum atomic E-state index is 14.4. The van der Waals surface area contributed by atoms with Crippen molar-refractivity contribution < 1.29 is 22.7 Å². The van der Waals surface area contributed by atoms with Gasteiger partial charge in [0.05, 0.1) is 13.7 Å². The van der Waals surface area contributed by atoms with Gasteiger partial charge in [-0.2, -0.15) is 0 Å². The first kappa shape index (κ1) is 26.7. The summed E-state index contributed by atoms with van der Waals surface area (Å²) < 4.78 is 34.4. The van der Waals surface area contributed by atoms with Crippen LogP contribution in [0.1, 0.15) is 27.2 Å². The quantitative estimate of drug-likeness (QED) is 0.315. The summed E-state index contributed by atoms with van der Waals surface area (Å²) in [5, 5.41) is 1.30. The summed E-state index contributed by atoms with van der Waals surface area (Å²) in [6.07, 6.45) is 1.49. The molecule has 35 heavy (non-hydrogen) atoms. The maximum Gasteiger partial charge on any atom is 0.258 e. The molecular weight excluding hydrogens is 480 g/mol. The number of hydrogen-bond donors (Lipinski definition) is 1. The fraction of sp³-hybridized carbons (Fsp3) is 0.385. The summed E-state index contributed by atoms with van der Waals surface area (Å²) in [6.45, 7) is 12.7. The van der Waals surface area contributed by atoms with E-state index < -0.39 is 40.1 Å². The van der Waals surface area contributed by atoms with Crippen LogP contribution in [0.2, 0.25) is 13.1 Å². The van der Waals surface area contributed by atoms with Gasteiger partial charge in [0.25, 0.3) is 5.91 Å². The third-order valence-corrected chi connectivity index (χ3v) is 11.7. The minimum atomic E-state index is -4.14. The number of ether oxygens (including phenoxy) is 1. The monoisotopic (exact) mass is 514 g/mol. The van der Waals surface area contributed by atoms with E-state index in [9.17, 15) is 18.0 Å². The Hall–Kier alpha value is -2.91. The molecule has 1 fully saturated rings. The molecule has 1 saturated heterocycles. The van der Waals surface area contributed by atoms with Gasteiger partial charge < -0.3 is 15.0 Å². The lowest BCUT2D eigenvalue weighted by molar-refractivity contribution is -0.173. The molecule has 7 nitrogen and oxygen atoms in total. The molecule has 2 aromatic rings. The topological polar surface area (TPSA) is 92.8 Å². The molecule has 0 saturated carbocycles. The molecule has 0 bridgehead atoms. The first-order valence-corrected chi connectivity index (χ1v) is 16.0. The molecule has 1 N–H and O–H groups in total. The van der Waals surface area contributed by atoms with Gasteiger partial charge in [-0.15, -0.1) is 6.58 Å². The van der Waals surface area contributed by atoms with Crippen LogP contribution in [0.25, 0.3) is 0 Å². The fourth-order valence-electron chi connectivity index (χ4n) is 5.08. The van der Waals surface area contributed by atoms with Crippen molar-refractivity contribution in [1.82, 2.24) is 10.2 Å². The molecule has 3 rings (SSSR count). The second kappa shape index (κ2) is 9.62. The van der Waals surface area contributed by atoms with Gasteiger partial charge in [-0.05, 0) is 45.0 Å². The zero-order valence-electron chi connectivity index (χ0n) is 20.9. The summed E-state index contributed by atoms with van der Waals surface area (Å²) in [5.41, 5.74) is -0.819. The number of para-hydroxylation sites is 1. The van der Waals surface area contributed by atoms with Crippen molar-refractivity contribution in [3.63, 3.8) is 0 Å². The number of β-lactam (4-membered cyclic amide) rings is 1. The molecule has 188 valence electrons. The summed E-state index contributed by atoms with van der Waals surface area (Å²) in [7, 11) is -6.37. The third kappa shape index (κ3) is 4.20. The standard InChI is InChI=1S/C26H34N2O5SSi/c1-7-18-25(34(31,32)21-16-12-9-13-17-21)26(35(5)6,23(30)28(25)24(2,3)4)27-22(29)19-33-20-14-10-8-11-15-20/h7-17,35H,1,18-19H2,2-6H3,(H,27,29)/t25-,26-/m0/s1. The molecule has 9 heteroatoms. The Morgan fingerprint density at radius 1 is 1.09 bits per heavy atom. The zero-order valence-corrected chi connectivity index (χ0v) is 22.9. The van der Waals surface area contributed by atoms with Gasteiger partial charge in [-0.1, -0.05) is 55.6 Å². The summed E-state index contributed by atoms with van der Waals surface area (Å²) in [6, 6.07) is 16.9. The van der Waals surface area contributed by atoms with Crippen LogP contribution in [-0.2, 0) is 19.4 Å². The van der Waals surface area contributed by atoms with Crippen molar-refractivity contribution in [2.45, 2.75) is 60.8 Å². The maximum absolute atomic E-state index is 14.4. The van der Waals surface area contributed by atoms with Crippen molar-refractivity contribution in [2.75, 3.05) is 6.61 Å². The zero-order chi connectivity index (χ0) is 26.1. The Kier molecular flexibility index (Phi) is 7.33. The third-order valence-electron chi connectivity index (χ3n) is 6.42. The van der Waals surface area contributed by atoms with Crippen LogP contribution in [-0.4, -0.2) is 56.1 Å². The van der Waals surface area contributed by atoms with Gasteiger partial charge in [-0.25, -0.2) is 8.42 Å². The lowest BCUT2D eigenvalue weighted by Gasteiger charge is -2.68. The fourth-order valence-corrected chi connectivity index (χ4v) is 10.9. The molecular formula is C26H34N2O5SSi. The van der Waals surface area contributed by atoms with E-state index >= 15 is 0 Å². The Balaban J connectivity index is 2.16. The van der Waals surface area contributed by atoms with E-state index in [-0.39, 0.29) is 23.8 Å². The predicted octanol–water partition coefficient (Wildman–Crippen LogP) is 3.33. The van der Waals surface area contributed by atoms with E-state index in [0.29, 0.717) is 5.75 Å². The molecule has 0 radical (unpaired) electrons. The van der Waals surface area contributed by atoms with Crippen LogP contribution < -0.4 is 10.1 Å². The van der Waals surface area contributed by atoms with E-state index in [1.165, 1.54) is 23.1 Å². The van der Waals surface area contributed by atoms with Crippen LogP contribution in [0.3, 0.4) is 0 Å². The minimum Gasteiger partial charge on any atom is -0.484 e. The first-order valence-electron chi connectivity index (χ1n) is 11.6. The Labute approximate surface area is 209 Å². The largest absolute Gasteiger partial charge is 0.484 e. The second-order valence-corrected chi connectivity index (χ2v) is 15.3. The number of sulfone groups is 1. The van der Waals surface area contributed by atoms with Gasteiger partial charge in [0.1, 0.15) is 10.9 Å². The molecule has 1 heterocycles. The van der Waals surface area contributed by atoms with Crippen molar-refractivity contribution in [1.29, 1.82) is 0 Å². The van der Waals surface area contributed by atoms with Crippen LogP contribution in [0, 0.1) is 0 Å². The number of carbonyl (C=O) groups excluding carboxylic acids is 2. The van der Waals surface area contributed by atoms with E-state index in [0.717, 1.165) is 0 Å². The lowest BCUT2D eigenvalue weighted by Crippen LogP contribution is -2.95. The van der Waals surface area contributed by atoms with E-state index in [2.05, 4.69) is 11.9 Å². The number of nitrogens with zero attached hydrogens (tertiary/aromatic N) is 1. The van der Waals surface area contributed by atoms with Crippen molar-refractivity contribution in [3.05, 3.63) is 73.3 Å². The van der Waals surface area contributed by atoms with Crippen LogP contribution in [0.4, 0.5) is 0 Å². The molecule has 2 atom stereocenters. The van der Waals surface area contributed by atoms with Crippen molar-refractivity contribution in [2.24, 2.45) is 0 Å². The Morgan fingerprint density at radius 2 is 1.63 bits per heavy atom. The van der Waals surface area contributed by atoms with E-state index in [1.807, 2.05) is 19.2 Å². The first-order chi connectivity index (χ1) is 16.4. The Morgan fingerprint density at radius 3 is 2.11 bits per heavy atom. The molecule has 0 spiro atoms. The van der Waals surface area contributed by atoms with Crippen LogP contribution >= 0.6 is 0 Å². The average molecular weight is 515 g/mol. The summed E-state index contributed by atoms with van der Waals surface area (Å²) >= 11 is 0. The summed E-state index contributed by atoms with van der Waals surface area (Å²) in [4.78, 5) is 26.9. The normalized spacial score (nSPS) is 22.5. The Bertz CT molecular complexity index is 1200. The van der Waals surface area contributed by atoms with Gasteiger partial charge >= 0.3 is 0 Å². The smallest absolute Gasteiger partial charge is 0.258 e.